The van der Waals surface area contributed by atoms with Gasteiger partial charge in [0.15, 0.2) is 0 Å². The highest BCUT2D eigenvalue weighted by Crippen LogP contribution is 2.30. The molecule has 1 atom stereocenters. The number of aryl methyl sites for hydroxylation is 1. The van der Waals surface area contributed by atoms with Gasteiger partial charge in [0, 0.05) is 15.4 Å². The highest BCUT2D eigenvalue weighted by Gasteiger charge is 2.14. The van der Waals surface area contributed by atoms with E-state index in [0.717, 1.165) is 21.2 Å². The number of hydrogen-bond donors (Lipinski definition) is 1. The number of aliphatic hydroxyl groups excluding tert-OH is 1. The zero-order valence-electron chi connectivity index (χ0n) is 10.3. The summed E-state index contributed by atoms with van der Waals surface area (Å²) in [6.07, 6.45) is -0.195. The molecule has 0 aliphatic heterocycles. The fraction of sp³-hybridized carbons (Fsp3) is 0.200. The van der Waals surface area contributed by atoms with Crippen LogP contribution in [0.15, 0.2) is 45.3 Å². The molecule has 1 nitrogen and oxygen atoms in total. The van der Waals surface area contributed by atoms with Gasteiger partial charge in [-0.25, -0.2) is 4.39 Å². The van der Waals surface area contributed by atoms with E-state index in [4.69, 9.17) is 0 Å². The summed E-state index contributed by atoms with van der Waals surface area (Å²) in [6.45, 7) is 1.98. The lowest BCUT2D eigenvalue weighted by Crippen LogP contribution is -2.04. The zero-order chi connectivity index (χ0) is 14.0. The smallest absolute Gasteiger partial charge is 0.124 e. The van der Waals surface area contributed by atoms with Crippen LogP contribution in [0.5, 0.6) is 0 Å². The fourth-order valence-corrected chi connectivity index (χ4v) is 2.97. The average Bonchev–Trinajstić information content (AvgIpc) is 2.36. The quantitative estimate of drug-likeness (QED) is 0.791. The van der Waals surface area contributed by atoms with Crippen molar-refractivity contribution < 1.29 is 9.50 Å². The molecule has 2 aromatic carbocycles. The number of hydrogen-bond acceptors (Lipinski definition) is 1. The molecule has 0 amide bonds. The summed E-state index contributed by atoms with van der Waals surface area (Å²) in [4.78, 5) is 0. The standard InChI is InChI=1S/C15H13Br2FO/c1-9-3-2-4-12(15(9)17)14(19)7-10-5-6-11(18)8-13(10)16/h2-6,8,14,19H,7H2,1H3. The van der Waals surface area contributed by atoms with Gasteiger partial charge in [-0.2, -0.15) is 0 Å². The summed E-state index contributed by atoms with van der Waals surface area (Å²) in [5.41, 5.74) is 2.80. The number of halogens is 3. The van der Waals surface area contributed by atoms with Crippen LogP contribution >= 0.6 is 31.9 Å². The van der Waals surface area contributed by atoms with Gasteiger partial charge >= 0.3 is 0 Å². The van der Waals surface area contributed by atoms with E-state index < -0.39 is 6.10 Å². The van der Waals surface area contributed by atoms with Crippen molar-refractivity contribution in [3.63, 3.8) is 0 Å². The van der Waals surface area contributed by atoms with E-state index in [9.17, 15) is 9.50 Å². The van der Waals surface area contributed by atoms with Gasteiger partial charge in [-0.1, -0.05) is 56.1 Å². The van der Waals surface area contributed by atoms with Gasteiger partial charge in [-0.05, 0) is 35.7 Å². The second kappa shape index (κ2) is 6.16. The number of rotatable bonds is 3. The van der Waals surface area contributed by atoms with Gasteiger partial charge in [-0.15, -0.1) is 0 Å². The molecule has 0 saturated carbocycles. The molecule has 0 bridgehead atoms. The molecule has 0 saturated heterocycles. The summed E-state index contributed by atoms with van der Waals surface area (Å²) < 4.78 is 14.6. The largest absolute Gasteiger partial charge is 0.388 e. The van der Waals surface area contributed by atoms with Gasteiger partial charge in [0.25, 0.3) is 0 Å². The molecule has 2 aromatic rings. The van der Waals surface area contributed by atoms with Crippen molar-refractivity contribution in [2.24, 2.45) is 0 Å². The topological polar surface area (TPSA) is 20.2 Å². The summed E-state index contributed by atoms with van der Waals surface area (Å²) in [5, 5.41) is 10.3. The minimum Gasteiger partial charge on any atom is -0.388 e. The maximum absolute atomic E-state index is 13.0. The minimum atomic E-state index is -0.629. The molecule has 0 aromatic heterocycles. The first kappa shape index (κ1) is 14.7. The molecule has 0 aliphatic carbocycles. The van der Waals surface area contributed by atoms with Crippen molar-refractivity contribution in [2.75, 3.05) is 0 Å². The van der Waals surface area contributed by atoms with Crippen LogP contribution in [0.1, 0.15) is 22.8 Å². The average molecular weight is 388 g/mol. The van der Waals surface area contributed by atoms with E-state index in [-0.39, 0.29) is 5.82 Å². The van der Waals surface area contributed by atoms with Crippen molar-refractivity contribution >= 4 is 31.9 Å². The van der Waals surface area contributed by atoms with Crippen molar-refractivity contribution in [2.45, 2.75) is 19.4 Å². The molecule has 1 unspecified atom stereocenters. The maximum atomic E-state index is 13.0. The van der Waals surface area contributed by atoms with E-state index in [1.54, 1.807) is 6.07 Å². The Morgan fingerprint density at radius 3 is 2.63 bits per heavy atom. The third-order valence-corrected chi connectivity index (χ3v) is 4.83. The van der Waals surface area contributed by atoms with Gasteiger partial charge in [0.1, 0.15) is 5.82 Å². The fourth-order valence-electron chi connectivity index (χ4n) is 1.93. The third-order valence-electron chi connectivity index (χ3n) is 3.01. The van der Waals surface area contributed by atoms with E-state index in [1.807, 2.05) is 25.1 Å². The van der Waals surface area contributed by atoms with Crippen LogP contribution in [-0.4, -0.2) is 5.11 Å². The monoisotopic (exact) mass is 386 g/mol. The predicted octanol–water partition coefficient (Wildman–Crippen LogP) is 4.94. The second-order valence-electron chi connectivity index (χ2n) is 4.43. The van der Waals surface area contributed by atoms with Crippen LogP contribution in [0, 0.1) is 12.7 Å². The molecule has 4 heteroatoms. The van der Waals surface area contributed by atoms with Crippen LogP contribution in [-0.2, 0) is 6.42 Å². The Kier molecular flexibility index (Phi) is 4.76. The molecule has 2 rings (SSSR count). The summed E-state index contributed by atoms with van der Waals surface area (Å²) in [7, 11) is 0. The minimum absolute atomic E-state index is 0.290. The Morgan fingerprint density at radius 2 is 1.95 bits per heavy atom. The molecule has 1 N–H and O–H groups in total. The first-order valence-electron chi connectivity index (χ1n) is 5.86. The lowest BCUT2D eigenvalue weighted by Gasteiger charge is -2.15. The van der Waals surface area contributed by atoms with Crippen LogP contribution < -0.4 is 0 Å². The van der Waals surface area contributed by atoms with Crippen LogP contribution in [0.25, 0.3) is 0 Å². The Bertz CT molecular complexity index is 599. The van der Waals surface area contributed by atoms with Gasteiger partial charge in [0.05, 0.1) is 6.10 Å². The molecule has 0 heterocycles. The Balaban J connectivity index is 2.25. The molecule has 0 radical (unpaired) electrons. The number of aliphatic hydroxyl groups is 1. The van der Waals surface area contributed by atoms with Crippen molar-refractivity contribution in [3.8, 4) is 0 Å². The molecular weight excluding hydrogens is 375 g/mol. The molecule has 19 heavy (non-hydrogen) atoms. The Hall–Kier alpha value is -0.710. The zero-order valence-corrected chi connectivity index (χ0v) is 13.5. The second-order valence-corrected chi connectivity index (χ2v) is 6.08. The van der Waals surface area contributed by atoms with Gasteiger partial charge in [0.2, 0.25) is 0 Å². The first-order valence-corrected chi connectivity index (χ1v) is 7.44. The van der Waals surface area contributed by atoms with Crippen molar-refractivity contribution in [1.82, 2.24) is 0 Å². The van der Waals surface area contributed by atoms with E-state index in [2.05, 4.69) is 31.9 Å². The highest BCUT2D eigenvalue weighted by molar-refractivity contribution is 9.10. The van der Waals surface area contributed by atoms with Crippen LogP contribution in [0.3, 0.4) is 0 Å². The molecule has 0 spiro atoms. The predicted molar refractivity (Wildman–Crippen MR) is 81.6 cm³/mol. The Labute approximate surface area is 128 Å². The normalized spacial score (nSPS) is 12.5. The molecule has 100 valence electrons. The Morgan fingerprint density at radius 1 is 1.21 bits per heavy atom. The first-order chi connectivity index (χ1) is 8.99. The van der Waals surface area contributed by atoms with Gasteiger partial charge in [-0.3, -0.25) is 0 Å². The molecule has 0 fully saturated rings. The summed E-state index contributed by atoms with van der Waals surface area (Å²) >= 11 is 6.81. The van der Waals surface area contributed by atoms with Crippen LogP contribution in [0.2, 0.25) is 0 Å². The maximum Gasteiger partial charge on any atom is 0.124 e. The van der Waals surface area contributed by atoms with Crippen molar-refractivity contribution in [3.05, 3.63) is 67.9 Å². The van der Waals surface area contributed by atoms with E-state index in [1.165, 1.54) is 12.1 Å². The lowest BCUT2D eigenvalue weighted by atomic mass is 10.00. The molecule has 0 aliphatic rings. The summed E-state index contributed by atoms with van der Waals surface area (Å²) in [6, 6.07) is 10.3. The highest BCUT2D eigenvalue weighted by atomic mass is 79.9. The van der Waals surface area contributed by atoms with Crippen LogP contribution in [0.4, 0.5) is 4.39 Å². The van der Waals surface area contributed by atoms with Crippen molar-refractivity contribution in [1.29, 1.82) is 0 Å². The lowest BCUT2D eigenvalue weighted by molar-refractivity contribution is 0.177. The van der Waals surface area contributed by atoms with E-state index >= 15 is 0 Å². The molecular formula is C15H13Br2FO. The van der Waals surface area contributed by atoms with Gasteiger partial charge < -0.3 is 5.11 Å². The SMILES string of the molecule is Cc1cccc(C(O)Cc2ccc(F)cc2Br)c1Br. The summed E-state index contributed by atoms with van der Waals surface area (Å²) in [5.74, 6) is -0.290. The number of benzene rings is 2. The van der Waals surface area contributed by atoms with E-state index in [0.29, 0.717) is 10.9 Å². The third kappa shape index (κ3) is 3.44.